The van der Waals surface area contributed by atoms with Crippen LogP contribution in [0, 0.1) is 0 Å². The summed E-state index contributed by atoms with van der Waals surface area (Å²) in [4.78, 5) is 22.1. The third-order valence-corrected chi connectivity index (χ3v) is 2.36. The molecule has 1 aliphatic rings. The quantitative estimate of drug-likeness (QED) is 0.747. The zero-order valence-corrected chi connectivity index (χ0v) is 8.97. The number of carboxylic acid groups (broad SMARTS) is 1. The van der Waals surface area contributed by atoms with E-state index in [0.717, 1.165) is 5.56 Å². The van der Waals surface area contributed by atoms with Crippen molar-refractivity contribution < 1.29 is 19.4 Å². The van der Waals surface area contributed by atoms with E-state index in [1.807, 2.05) is 30.3 Å². The van der Waals surface area contributed by atoms with Gasteiger partial charge < -0.3 is 15.2 Å². The van der Waals surface area contributed by atoms with E-state index in [0.29, 0.717) is 6.54 Å². The third-order valence-electron chi connectivity index (χ3n) is 2.36. The summed E-state index contributed by atoms with van der Waals surface area (Å²) in [5.74, 6) is -1.72. The van der Waals surface area contributed by atoms with Gasteiger partial charge in [-0.15, -0.1) is 0 Å². The minimum Gasteiger partial charge on any atom is -0.477 e. The molecular weight excluding hydrogens is 222 g/mol. The van der Waals surface area contributed by atoms with Crippen molar-refractivity contribution in [3.05, 3.63) is 47.4 Å². The van der Waals surface area contributed by atoms with Gasteiger partial charge in [-0.25, -0.2) is 4.79 Å². The Kier molecular flexibility index (Phi) is 3.09. The van der Waals surface area contributed by atoms with E-state index in [2.05, 4.69) is 5.32 Å². The number of nitrogens with one attached hydrogen (secondary N) is 1. The molecule has 5 nitrogen and oxygen atoms in total. The van der Waals surface area contributed by atoms with Gasteiger partial charge in [0.1, 0.15) is 0 Å². The average molecular weight is 233 g/mol. The second kappa shape index (κ2) is 4.69. The minimum atomic E-state index is -1.26. The molecule has 2 N–H and O–H groups in total. The molecule has 1 aliphatic heterocycles. The highest BCUT2D eigenvalue weighted by molar-refractivity contribution is 6.18. The smallest absolute Gasteiger partial charge is 0.344 e. The minimum absolute atomic E-state index is 0.0475. The molecule has 1 aromatic rings. The second-order valence-corrected chi connectivity index (χ2v) is 3.56. The van der Waals surface area contributed by atoms with E-state index in [1.165, 1.54) is 0 Å². The van der Waals surface area contributed by atoms with Crippen molar-refractivity contribution in [2.24, 2.45) is 0 Å². The maximum absolute atomic E-state index is 11.2. The molecule has 5 heteroatoms. The summed E-state index contributed by atoms with van der Waals surface area (Å²) in [5.41, 5.74) is 0.675. The molecular formula is C12H11NO4. The van der Waals surface area contributed by atoms with Crippen molar-refractivity contribution in [1.82, 2.24) is 5.32 Å². The lowest BCUT2D eigenvalue weighted by molar-refractivity contribution is -0.134. The van der Waals surface area contributed by atoms with Crippen LogP contribution < -0.4 is 5.32 Å². The first-order chi connectivity index (χ1) is 8.18. The first-order valence-electron chi connectivity index (χ1n) is 5.10. The van der Waals surface area contributed by atoms with E-state index in [4.69, 9.17) is 9.84 Å². The van der Waals surface area contributed by atoms with Crippen molar-refractivity contribution in [3.63, 3.8) is 0 Å². The molecule has 0 saturated carbocycles. The average Bonchev–Trinajstić information content (AvgIpc) is 2.69. The number of carbonyl (C=O) groups is 2. The standard InChI is InChI=1S/C12H11NO4/c14-9-7-17-11(10(9)12(15)16)13-6-8-4-2-1-3-5-8/h1-5,13H,6-7H2,(H,15,16). The highest BCUT2D eigenvalue weighted by atomic mass is 16.5. The number of rotatable bonds is 4. The Hall–Kier alpha value is -2.30. The maximum atomic E-state index is 11.2. The highest BCUT2D eigenvalue weighted by Crippen LogP contribution is 2.14. The van der Waals surface area contributed by atoms with Crippen LogP contribution >= 0.6 is 0 Å². The Labute approximate surface area is 97.7 Å². The third kappa shape index (κ3) is 2.44. The molecule has 0 fully saturated rings. The summed E-state index contributed by atoms with van der Waals surface area (Å²) < 4.78 is 5.00. The van der Waals surface area contributed by atoms with Crippen LogP contribution in [0.5, 0.6) is 0 Å². The maximum Gasteiger partial charge on any atom is 0.344 e. The first-order valence-corrected chi connectivity index (χ1v) is 5.10. The lowest BCUT2D eigenvalue weighted by atomic mass is 10.2. The normalized spacial score (nSPS) is 14.7. The molecule has 1 heterocycles. The Morgan fingerprint density at radius 2 is 2.06 bits per heavy atom. The largest absolute Gasteiger partial charge is 0.477 e. The van der Waals surface area contributed by atoms with Crippen LogP contribution in [-0.2, 0) is 20.9 Å². The van der Waals surface area contributed by atoms with Gasteiger partial charge in [0, 0.05) is 6.54 Å². The number of hydrogen-bond donors (Lipinski definition) is 2. The Bertz CT molecular complexity index is 479. The molecule has 0 saturated heterocycles. The highest BCUT2D eigenvalue weighted by Gasteiger charge is 2.30. The predicted molar refractivity (Wildman–Crippen MR) is 58.9 cm³/mol. The van der Waals surface area contributed by atoms with Gasteiger partial charge in [-0.1, -0.05) is 30.3 Å². The van der Waals surface area contributed by atoms with Gasteiger partial charge in [-0.3, -0.25) is 4.79 Å². The molecule has 0 amide bonds. The van der Waals surface area contributed by atoms with Crippen molar-refractivity contribution in [3.8, 4) is 0 Å². The number of ether oxygens (including phenoxy) is 1. The number of aliphatic carboxylic acids is 1. The van der Waals surface area contributed by atoms with Crippen LogP contribution in [0.4, 0.5) is 0 Å². The zero-order valence-electron chi connectivity index (χ0n) is 8.97. The van der Waals surface area contributed by atoms with Crippen molar-refractivity contribution >= 4 is 11.8 Å². The molecule has 0 radical (unpaired) electrons. The van der Waals surface area contributed by atoms with Crippen LogP contribution in [0.3, 0.4) is 0 Å². The fraction of sp³-hybridized carbons (Fsp3) is 0.167. The summed E-state index contributed by atoms with van der Waals surface area (Å²) in [6, 6.07) is 9.44. The van der Waals surface area contributed by atoms with E-state index >= 15 is 0 Å². The summed E-state index contributed by atoms with van der Waals surface area (Å²) >= 11 is 0. The summed E-state index contributed by atoms with van der Waals surface area (Å²) in [6.45, 7) is 0.207. The fourth-order valence-corrected chi connectivity index (χ4v) is 1.54. The van der Waals surface area contributed by atoms with Crippen molar-refractivity contribution in [1.29, 1.82) is 0 Å². The molecule has 88 valence electrons. The molecule has 17 heavy (non-hydrogen) atoms. The van der Waals surface area contributed by atoms with E-state index in [9.17, 15) is 9.59 Å². The molecule has 0 spiro atoms. The monoisotopic (exact) mass is 233 g/mol. The molecule has 2 rings (SSSR count). The number of Topliss-reactive ketones (excluding diaryl/α,β-unsaturated/α-hetero) is 1. The first kappa shape index (κ1) is 11.2. The summed E-state index contributed by atoms with van der Waals surface area (Å²) in [6.07, 6.45) is 0. The lowest BCUT2D eigenvalue weighted by Gasteiger charge is -2.07. The summed E-state index contributed by atoms with van der Waals surface area (Å²) in [7, 11) is 0. The van der Waals surface area contributed by atoms with Crippen molar-refractivity contribution in [2.75, 3.05) is 6.61 Å². The second-order valence-electron chi connectivity index (χ2n) is 3.56. The van der Waals surface area contributed by atoms with Crippen LogP contribution in [0.1, 0.15) is 5.56 Å². The van der Waals surface area contributed by atoms with E-state index in [-0.39, 0.29) is 18.1 Å². The topological polar surface area (TPSA) is 75.6 Å². The van der Waals surface area contributed by atoms with E-state index in [1.54, 1.807) is 0 Å². The van der Waals surface area contributed by atoms with Gasteiger partial charge in [0.15, 0.2) is 12.2 Å². The summed E-state index contributed by atoms with van der Waals surface area (Å²) in [5, 5.41) is 11.7. The van der Waals surface area contributed by atoms with Gasteiger partial charge in [0.2, 0.25) is 11.7 Å². The number of carbonyl (C=O) groups excluding carboxylic acids is 1. The van der Waals surface area contributed by atoms with Gasteiger partial charge in [-0.05, 0) is 5.56 Å². The number of carboxylic acids is 1. The van der Waals surface area contributed by atoms with Gasteiger partial charge in [-0.2, -0.15) is 0 Å². The number of ketones is 1. The predicted octanol–water partition coefficient (Wildman–Crippen LogP) is 0.672. The lowest BCUT2D eigenvalue weighted by Crippen LogP contribution is -2.17. The van der Waals surface area contributed by atoms with Gasteiger partial charge >= 0.3 is 5.97 Å². The Morgan fingerprint density at radius 3 is 2.71 bits per heavy atom. The Morgan fingerprint density at radius 1 is 1.35 bits per heavy atom. The van der Waals surface area contributed by atoms with Crippen LogP contribution in [0.15, 0.2) is 41.8 Å². The molecule has 0 unspecified atom stereocenters. The van der Waals surface area contributed by atoms with Crippen molar-refractivity contribution in [2.45, 2.75) is 6.54 Å². The van der Waals surface area contributed by atoms with Crippen LogP contribution in [0.25, 0.3) is 0 Å². The van der Waals surface area contributed by atoms with Crippen LogP contribution in [0.2, 0.25) is 0 Å². The van der Waals surface area contributed by atoms with Gasteiger partial charge in [0.25, 0.3) is 0 Å². The number of benzene rings is 1. The Balaban J connectivity index is 2.08. The number of hydrogen-bond acceptors (Lipinski definition) is 4. The molecule has 0 aromatic heterocycles. The molecule has 0 bridgehead atoms. The SMILES string of the molecule is O=C(O)C1=C(NCc2ccccc2)OCC1=O. The molecule has 0 aliphatic carbocycles. The van der Waals surface area contributed by atoms with E-state index < -0.39 is 11.8 Å². The zero-order chi connectivity index (χ0) is 12.3. The molecule has 1 aromatic carbocycles. The van der Waals surface area contributed by atoms with Crippen LogP contribution in [-0.4, -0.2) is 23.5 Å². The fourth-order valence-electron chi connectivity index (χ4n) is 1.54. The molecule has 0 atom stereocenters. The van der Waals surface area contributed by atoms with Gasteiger partial charge in [0.05, 0.1) is 0 Å².